The van der Waals surface area contributed by atoms with Crippen molar-refractivity contribution in [2.75, 3.05) is 26.2 Å². The van der Waals surface area contributed by atoms with Gasteiger partial charge >= 0.3 is 0 Å². The van der Waals surface area contributed by atoms with Gasteiger partial charge in [-0.25, -0.2) is 0 Å². The zero-order valence-corrected chi connectivity index (χ0v) is 68.3. The maximum atomic E-state index is 12.6. The van der Waals surface area contributed by atoms with Crippen molar-refractivity contribution < 1.29 is 22.8 Å². The third kappa shape index (κ3) is 66.1. The van der Waals surface area contributed by atoms with Crippen LogP contribution < -0.4 is 0 Å². The average Bonchev–Trinajstić information content (AvgIpc) is 0.997. The summed E-state index contributed by atoms with van der Waals surface area (Å²) >= 11 is 0. The van der Waals surface area contributed by atoms with Crippen molar-refractivity contribution in [3.63, 3.8) is 0 Å². The van der Waals surface area contributed by atoms with Crippen LogP contribution in [0.5, 0.6) is 0 Å². The van der Waals surface area contributed by atoms with Crippen LogP contribution >= 0.6 is 0 Å². The molecule has 1 heterocycles. The Morgan fingerprint density at radius 1 is 0.327 bits per heavy atom. The molecule has 101 heavy (non-hydrogen) atoms. The van der Waals surface area contributed by atoms with Gasteiger partial charge in [0.1, 0.15) is 0 Å². The van der Waals surface area contributed by atoms with Crippen molar-refractivity contribution in [2.24, 2.45) is 0 Å². The zero-order chi connectivity index (χ0) is 73.0. The molecule has 1 saturated heterocycles. The minimum Gasteiger partial charge on any atom is -0.390 e. The molecule has 0 aliphatic carbocycles. The number of allylic oxidation sites excluding steroid dienone is 16. The van der Waals surface area contributed by atoms with E-state index in [1.165, 1.54) is 321 Å². The Hall–Kier alpha value is -3.07. The molecule has 1 aliphatic heterocycles. The van der Waals surface area contributed by atoms with E-state index in [-0.39, 0.29) is 11.5 Å². The molecule has 0 saturated carbocycles. The molecule has 2 N–H and O–H groups in total. The molecule has 7 heteroatoms. The lowest BCUT2D eigenvalue weighted by molar-refractivity contribution is 0.00610. The van der Waals surface area contributed by atoms with Crippen LogP contribution in [0, 0.1) is 6.92 Å². The number of benzene rings is 1. The van der Waals surface area contributed by atoms with Gasteiger partial charge in [0.05, 0.1) is 22.7 Å². The Bertz CT molecular complexity index is 2150. The molecule has 6 nitrogen and oxygen atoms in total. The van der Waals surface area contributed by atoms with Gasteiger partial charge in [-0.2, -0.15) is 8.42 Å². The summed E-state index contributed by atoms with van der Waals surface area (Å²) in [5.41, 5.74) is -0.0740. The molecule has 0 atom stereocenters. The first-order valence-corrected chi connectivity index (χ1v) is 45.3. The summed E-state index contributed by atoms with van der Waals surface area (Å²) in [7, 11) is -3.75. The Morgan fingerprint density at radius 2 is 0.574 bits per heavy atom. The number of piperidine rings is 1. The monoisotopic (exact) mass is 1420 g/mol. The van der Waals surface area contributed by atoms with Gasteiger partial charge in [-0.05, 0) is 244 Å². The standard InChI is InChI=1S/C48H82O4S.C46H85NO/c1-4-6-8-10-12-14-16-18-20-22-24-26-28-30-32-34-42-48(49,44-36-37-45-52-53(50,51)47-40-38-46(3)39-41-47)43-35-33-31-29-27-25-23-21-19-17-15-13-11-9-7-5-2;1-3-5-7-9-11-13-15-17-19-21-23-25-27-29-31-34-40-46(48,42-36-39-45-47-43-37-33-38-44-47)41-35-32-30-28-26-24-22-20-18-16-14-12-10-8-6-4-2/h12-15,18-21,38-41,49H,4-11,16-17,22-37,42-45H2,1-3H3;11-14,17-20,48H,3-10,15-16,21-45H2,1-2H3/b14-12-,15-13-,20-18-,21-19-;13-11-,14-12-,19-17-,20-18-. The van der Waals surface area contributed by atoms with E-state index in [9.17, 15) is 18.6 Å². The number of aliphatic hydroxyl groups is 2. The Morgan fingerprint density at radius 3 is 0.861 bits per heavy atom. The molecule has 0 spiro atoms. The quantitative estimate of drug-likeness (QED) is 0.0384. The minimum atomic E-state index is -3.75. The van der Waals surface area contributed by atoms with Crippen LogP contribution in [-0.4, -0.2) is 61.0 Å². The Balaban J connectivity index is 0.00000101. The topological polar surface area (TPSA) is 87.1 Å². The van der Waals surface area contributed by atoms with E-state index in [1.54, 1.807) is 24.3 Å². The number of hydrogen-bond donors (Lipinski definition) is 2. The first-order chi connectivity index (χ1) is 49.5. The molecule has 1 aromatic rings. The van der Waals surface area contributed by atoms with E-state index in [4.69, 9.17) is 4.18 Å². The van der Waals surface area contributed by atoms with Crippen LogP contribution in [0.3, 0.4) is 0 Å². The maximum absolute atomic E-state index is 12.6. The van der Waals surface area contributed by atoms with E-state index in [0.29, 0.717) is 12.8 Å². The van der Waals surface area contributed by atoms with Crippen LogP contribution in [0.4, 0.5) is 0 Å². The molecule has 0 aromatic heterocycles. The van der Waals surface area contributed by atoms with E-state index < -0.39 is 21.3 Å². The van der Waals surface area contributed by atoms with E-state index in [0.717, 1.165) is 82.6 Å². The summed E-state index contributed by atoms with van der Waals surface area (Å²) in [4.78, 5) is 2.86. The van der Waals surface area contributed by atoms with E-state index in [2.05, 4.69) is 130 Å². The summed E-state index contributed by atoms with van der Waals surface area (Å²) in [5.74, 6) is 0. The fourth-order valence-corrected chi connectivity index (χ4v) is 14.9. The highest BCUT2D eigenvalue weighted by Crippen LogP contribution is 2.31. The number of aryl methyl sites for hydroxylation is 1. The Labute approximate surface area is 629 Å². The largest absolute Gasteiger partial charge is 0.390 e. The van der Waals surface area contributed by atoms with Crippen LogP contribution in [0.25, 0.3) is 0 Å². The average molecular weight is 1420 g/mol. The number of rotatable bonds is 72. The van der Waals surface area contributed by atoms with Gasteiger partial charge in [-0.1, -0.05) is 329 Å². The normalized spacial score (nSPS) is 13.9. The highest BCUT2D eigenvalue weighted by Gasteiger charge is 2.27. The predicted molar refractivity (Wildman–Crippen MR) is 448 cm³/mol. The molecule has 1 aromatic carbocycles. The van der Waals surface area contributed by atoms with Crippen molar-refractivity contribution >= 4 is 10.1 Å². The second kappa shape index (κ2) is 73.8. The van der Waals surface area contributed by atoms with Gasteiger partial charge in [0.15, 0.2) is 0 Å². The van der Waals surface area contributed by atoms with Gasteiger partial charge in [0.25, 0.3) is 10.1 Å². The number of likely N-dealkylation sites (tertiary alicyclic amines) is 1. The summed E-state index contributed by atoms with van der Waals surface area (Å²) in [6, 6.07) is 6.78. The summed E-state index contributed by atoms with van der Waals surface area (Å²) in [6.07, 6.45) is 111. The molecule has 2 rings (SSSR count). The minimum absolute atomic E-state index is 0.155. The molecule has 1 aliphatic rings. The first kappa shape index (κ1) is 95.9. The van der Waals surface area contributed by atoms with Crippen LogP contribution in [0.15, 0.2) is 126 Å². The molecule has 584 valence electrons. The molecule has 0 bridgehead atoms. The highest BCUT2D eigenvalue weighted by molar-refractivity contribution is 7.86. The fourth-order valence-electron chi connectivity index (χ4n) is 14.0. The van der Waals surface area contributed by atoms with Gasteiger partial charge < -0.3 is 15.1 Å². The van der Waals surface area contributed by atoms with Crippen LogP contribution in [0.2, 0.25) is 0 Å². The van der Waals surface area contributed by atoms with Crippen molar-refractivity contribution in [2.45, 2.75) is 442 Å². The van der Waals surface area contributed by atoms with E-state index >= 15 is 0 Å². The number of nitrogens with zero attached hydrogens (tertiary/aromatic N) is 1. The number of hydrogen-bond acceptors (Lipinski definition) is 6. The maximum Gasteiger partial charge on any atom is 0.296 e. The van der Waals surface area contributed by atoms with Crippen molar-refractivity contribution in [1.82, 2.24) is 4.90 Å². The van der Waals surface area contributed by atoms with Crippen molar-refractivity contribution in [3.05, 3.63) is 127 Å². The highest BCUT2D eigenvalue weighted by atomic mass is 32.2. The third-order valence-electron chi connectivity index (χ3n) is 20.8. The second-order valence-corrected chi connectivity index (χ2v) is 32.3. The van der Waals surface area contributed by atoms with Crippen LogP contribution in [-0.2, 0) is 14.3 Å². The lowest BCUT2D eigenvalue weighted by atomic mass is 9.85. The van der Waals surface area contributed by atoms with Crippen molar-refractivity contribution in [3.8, 4) is 0 Å². The second-order valence-electron chi connectivity index (χ2n) is 30.7. The summed E-state index contributed by atoms with van der Waals surface area (Å²) < 4.78 is 30.5. The fraction of sp³-hybridized carbons (Fsp3) is 0.766. The molecule has 0 amide bonds. The van der Waals surface area contributed by atoms with Gasteiger partial charge in [-0.3, -0.25) is 4.18 Å². The summed E-state index contributed by atoms with van der Waals surface area (Å²) in [6.45, 7) is 15.0. The predicted octanol–water partition coefficient (Wildman–Crippen LogP) is 29.8. The molecule has 0 radical (unpaired) electrons. The molecular weight excluding hydrogens is 1260 g/mol. The molecular formula is C94H167NO5S. The van der Waals surface area contributed by atoms with Gasteiger partial charge in [-0.15, -0.1) is 0 Å². The van der Waals surface area contributed by atoms with Crippen molar-refractivity contribution in [1.29, 1.82) is 0 Å². The molecule has 1 fully saturated rings. The smallest absolute Gasteiger partial charge is 0.296 e. The number of unbranched alkanes of at least 4 members (excludes halogenated alkanes) is 38. The van der Waals surface area contributed by atoms with Gasteiger partial charge in [0.2, 0.25) is 0 Å². The summed E-state index contributed by atoms with van der Waals surface area (Å²) in [5, 5.41) is 23.5. The third-order valence-corrected chi connectivity index (χ3v) is 22.1. The lowest BCUT2D eigenvalue weighted by Crippen LogP contribution is -2.32. The van der Waals surface area contributed by atoms with Gasteiger partial charge in [0, 0.05) is 0 Å². The molecule has 0 unspecified atom stereocenters. The zero-order valence-electron chi connectivity index (χ0n) is 67.5. The SMILES string of the molecule is CCCCC/C=C\C/C=C\CCCCCCCCC(O)(CCCCCCCC/C=C\C/C=C\CCCCC)CCCCN1CCCCC1.CCCCC/C=C\C/C=C\CCCCCCCCC(O)(CCCCCCCC/C=C\C/C=C\CCCCC)CCCCOS(=O)(=O)c1ccc(C)cc1. The van der Waals surface area contributed by atoms with Crippen LogP contribution in [0.1, 0.15) is 425 Å². The van der Waals surface area contributed by atoms with E-state index in [1.807, 2.05) is 6.92 Å². The lowest BCUT2D eigenvalue weighted by Gasteiger charge is -2.30. The Kier molecular flexibility index (Phi) is 70.1. The first-order valence-electron chi connectivity index (χ1n) is 43.9.